The Labute approximate surface area is 170 Å². The molecule has 2 heteroatoms. The largest absolute Gasteiger partial charge is 0.423 e. The van der Waals surface area contributed by atoms with E-state index in [4.69, 9.17) is 4.74 Å². The van der Waals surface area contributed by atoms with E-state index in [-0.39, 0.29) is 5.97 Å². The van der Waals surface area contributed by atoms with E-state index in [1.165, 1.54) is 0 Å². The maximum absolute atomic E-state index is 12.4. The number of hydrogen-bond acceptors (Lipinski definition) is 2. The van der Waals surface area contributed by atoms with Crippen molar-refractivity contribution < 1.29 is 9.53 Å². The Morgan fingerprint density at radius 2 is 1.57 bits per heavy atom. The average molecular weight is 377 g/mol. The molecule has 0 unspecified atom stereocenters. The molecule has 0 bridgehead atoms. The lowest BCUT2D eigenvalue weighted by Crippen LogP contribution is -2.11. The van der Waals surface area contributed by atoms with Crippen molar-refractivity contribution in [2.75, 3.05) is 0 Å². The van der Waals surface area contributed by atoms with Crippen molar-refractivity contribution in [1.29, 1.82) is 0 Å². The lowest BCUT2D eigenvalue weighted by molar-refractivity contribution is 0.0734. The monoisotopic (exact) mass is 376 g/mol. The first kappa shape index (κ1) is 23.2. The van der Waals surface area contributed by atoms with Gasteiger partial charge in [-0.05, 0) is 56.9 Å². The van der Waals surface area contributed by atoms with E-state index in [1.807, 2.05) is 80.6 Å². The fourth-order valence-electron chi connectivity index (χ4n) is 2.53. The van der Waals surface area contributed by atoms with Crippen molar-refractivity contribution in [3.63, 3.8) is 0 Å². The predicted molar refractivity (Wildman–Crippen MR) is 120 cm³/mol. The number of carbonyl (C=O) groups excluding carboxylic acids is 1. The number of ether oxygens (including phenoxy) is 1. The summed E-state index contributed by atoms with van der Waals surface area (Å²) >= 11 is 0. The van der Waals surface area contributed by atoms with Crippen molar-refractivity contribution in [2.45, 2.75) is 46.5 Å². The second kappa shape index (κ2) is 14.2. The van der Waals surface area contributed by atoms with Crippen LogP contribution >= 0.6 is 0 Å². The average Bonchev–Trinajstić information content (AvgIpc) is 2.72. The Bertz CT molecular complexity index is 760. The lowest BCUT2D eigenvalue weighted by Gasteiger charge is -2.11. The highest BCUT2D eigenvalue weighted by Gasteiger charge is 2.13. The molecule has 2 aromatic rings. The molecular weight excluding hydrogens is 344 g/mol. The third-order valence-electron chi connectivity index (χ3n) is 4.01. The zero-order valence-corrected chi connectivity index (χ0v) is 17.4. The topological polar surface area (TPSA) is 26.3 Å². The molecule has 0 heterocycles. The number of esters is 1. The van der Waals surface area contributed by atoms with Crippen LogP contribution in [-0.2, 0) is 6.42 Å². The maximum Gasteiger partial charge on any atom is 0.343 e. The van der Waals surface area contributed by atoms with E-state index in [2.05, 4.69) is 13.5 Å². The van der Waals surface area contributed by atoms with Crippen LogP contribution in [0.4, 0.5) is 0 Å². The van der Waals surface area contributed by atoms with Crippen LogP contribution in [0.3, 0.4) is 0 Å². The molecule has 0 amide bonds. The van der Waals surface area contributed by atoms with Crippen molar-refractivity contribution in [3.05, 3.63) is 102 Å². The van der Waals surface area contributed by atoms with Crippen molar-refractivity contribution in [2.24, 2.45) is 0 Å². The Hall–Kier alpha value is -2.87. The molecule has 0 aromatic heterocycles. The highest BCUT2D eigenvalue weighted by molar-refractivity contribution is 5.92. The van der Waals surface area contributed by atoms with Gasteiger partial charge in [-0.1, -0.05) is 86.2 Å². The minimum Gasteiger partial charge on any atom is -0.423 e. The Kier molecular flexibility index (Phi) is 11.8. The van der Waals surface area contributed by atoms with Gasteiger partial charge < -0.3 is 4.74 Å². The summed E-state index contributed by atoms with van der Waals surface area (Å²) in [5, 5.41) is 0. The van der Waals surface area contributed by atoms with Gasteiger partial charge >= 0.3 is 5.97 Å². The van der Waals surface area contributed by atoms with Gasteiger partial charge in [0.15, 0.2) is 0 Å². The van der Waals surface area contributed by atoms with E-state index in [1.54, 1.807) is 12.1 Å². The van der Waals surface area contributed by atoms with Crippen LogP contribution in [0.25, 0.3) is 0 Å². The summed E-state index contributed by atoms with van der Waals surface area (Å²) in [4.78, 5) is 12.4. The standard InChI is InChI=1S/C20H22O2.C6H10/c1-3-4-10-16(2)15-17-11-8-9-14-19(17)20(21)22-18-12-6-5-7-13-18;1-3-5-6-4-2/h5-9,11-14H,2-4,10,15H2,1H3;3-6H,1-2H3/b;5-3-,6-4-. The molecule has 0 N–H and O–H groups in total. The van der Waals surface area contributed by atoms with Crippen molar-refractivity contribution in [3.8, 4) is 5.75 Å². The molecule has 148 valence electrons. The fourth-order valence-corrected chi connectivity index (χ4v) is 2.53. The van der Waals surface area contributed by atoms with Gasteiger partial charge in [0.25, 0.3) is 0 Å². The van der Waals surface area contributed by atoms with Crippen LogP contribution in [0.1, 0.15) is 56.0 Å². The smallest absolute Gasteiger partial charge is 0.343 e. The van der Waals surface area contributed by atoms with Crippen LogP contribution in [-0.4, -0.2) is 5.97 Å². The SMILES string of the molecule is C/C=C\C=C/C.C=C(CCCC)Cc1ccccc1C(=O)Oc1ccccc1. The molecular formula is C26H32O2. The zero-order chi connectivity index (χ0) is 20.6. The molecule has 0 saturated heterocycles. The number of carbonyl (C=O) groups is 1. The summed E-state index contributed by atoms with van der Waals surface area (Å²) in [7, 11) is 0. The Balaban J connectivity index is 0.000000568. The number of hydrogen-bond donors (Lipinski definition) is 0. The third kappa shape index (κ3) is 9.18. The first-order valence-corrected chi connectivity index (χ1v) is 9.88. The van der Waals surface area contributed by atoms with Gasteiger partial charge in [-0.2, -0.15) is 0 Å². The van der Waals surface area contributed by atoms with E-state index in [0.29, 0.717) is 11.3 Å². The molecule has 0 radical (unpaired) electrons. The quantitative estimate of drug-likeness (QED) is 0.209. The molecule has 0 spiro atoms. The number of allylic oxidation sites excluding steroid dienone is 5. The van der Waals surface area contributed by atoms with Crippen molar-refractivity contribution in [1.82, 2.24) is 0 Å². The van der Waals surface area contributed by atoms with Crippen LogP contribution in [0.5, 0.6) is 5.75 Å². The van der Waals surface area contributed by atoms with E-state index < -0.39 is 0 Å². The molecule has 0 aliphatic heterocycles. The van der Waals surface area contributed by atoms with Gasteiger partial charge in [0, 0.05) is 0 Å². The molecule has 2 nitrogen and oxygen atoms in total. The molecule has 2 rings (SSSR count). The van der Waals surface area contributed by atoms with Gasteiger partial charge in [0.2, 0.25) is 0 Å². The zero-order valence-electron chi connectivity index (χ0n) is 17.4. The second-order valence-corrected chi connectivity index (χ2v) is 6.44. The molecule has 28 heavy (non-hydrogen) atoms. The summed E-state index contributed by atoms with van der Waals surface area (Å²) in [5.74, 6) is 0.247. The summed E-state index contributed by atoms with van der Waals surface area (Å²) < 4.78 is 5.44. The van der Waals surface area contributed by atoms with Crippen LogP contribution < -0.4 is 4.74 Å². The summed E-state index contributed by atoms with van der Waals surface area (Å²) in [6, 6.07) is 16.7. The molecule has 0 aliphatic carbocycles. The van der Waals surface area contributed by atoms with Gasteiger partial charge in [-0.15, -0.1) is 0 Å². The van der Waals surface area contributed by atoms with E-state index >= 15 is 0 Å². The normalized spacial score (nSPS) is 10.5. The van der Waals surface area contributed by atoms with E-state index in [0.717, 1.165) is 36.8 Å². The first-order valence-electron chi connectivity index (χ1n) is 9.88. The number of para-hydroxylation sites is 1. The fraction of sp³-hybridized carbons (Fsp3) is 0.269. The number of benzene rings is 2. The third-order valence-corrected chi connectivity index (χ3v) is 4.01. The Morgan fingerprint density at radius 1 is 0.964 bits per heavy atom. The van der Waals surface area contributed by atoms with Crippen LogP contribution in [0, 0.1) is 0 Å². The summed E-state index contributed by atoms with van der Waals surface area (Å²) in [6.45, 7) is 10.3. The van der Waals surface area contributed by atoms with Crippen LogP contribution in [0.2, 0.25) is 0 Å². The highest BCUT2D eigenvalue weighted by Crippen LogP contribution is 2.19. The minimum atomic E-state index is -0.315. The van der Waals surface area contributed by atoms with Crippen molar-refractivity contribution >= 4 is 5.97 Å². The first-order chi connectivity index (χ1) is 13.6. The van der Waals surface area contributed by atoms with E-state index in [9.17, 15) is 4.79 Å². The lowest BCUT2D eigenvalue weighted by atomic mass is 9.98. The van der Waals surface area contributed by atoms with Gasteiger partial charge in [-0.3, -0.25) is 0 Å². The highest BCUT2D eigenvalue weighted by atomic mass is 16.5. The molecule has 2 aromatic carbocycles. The van der Waals surface area contributed by atoms with Gasteiger partial charge in [-0.25, -0.2) is 4.79 Å². The van der Waals surface area contributed by atoms with Crippen LogP contribution in [0.15, 0.2) is 91.1 Å². The second-order valence-electron chi connectivity index (χ2n) is 6.44. The number of rotatable bonds is 8. The summed E-state index contributed by atoms with van der Waals surface area (Å²) in [6.07, 6.45) is 12.0. The molecule has 0 saturated carbocycles. The molecule has 0 atom stereocenters. The molecule has 0 aliphatic rings. The maximum atomic E-state index is 12.4. The molecule has 0 fully saturated rings. The Morgan fingerprint density at radius 3 is 2.18 bits per heavy atom. The predicted octanol–water partition coefficient (Wildman–Crippen LogP) is 7.33. The van der Waals surface area contributed by atoms with Gasteiger partial charge in [0.05, 0.1) is 5.56 Å². The van der Waals surface area contributed by atoms with Gasteiger partial charge in [0.1, 0.15) is 5.75 Å². The summed E-state index contributed by atoms with van der Waals surface area (Å²) in [5.41, 5.74) is 2.75. The number of unbranched alkanes of at least 4 members (excludes halogenated alkanes) is 1. The minimum absolute atomic E-state index is 0.315.